The first-order valence-electron chi connectivity index (χ1n) is 7.82. The molecule has 2 aliphatic heterocycles. The molecule has 0 radical (unpaired) electrons. The molecule has 0 N–H and O–H groups in total. The molecule has 3 rings (SSSR count). The number of hydrogen-bond donors (Lipinski definition) is 0. The van der Waals surface area contributed by atoms with Crippen LogP contribution in [0, 0.1) is 4.91 Å². The van der Waals surface area contributed by atoms with Crippen molar-refractivity contribution in [1.29, 1.82) is 0 Å². The number of carbonyl (C=O) groups is 1. The molecule has 1 aromatic carbocycles. The molecular formula is C16H19N3O6. The quantitative estimate of drug-likeness (QED) is 0.731. The lowest BCUT2D eigenvalue weighted by Gasteiger charge is -2.40. The normalized spacial score (nSPS) is 22.0. The molecular weight excluding hydrogens is 330 g/mol. The van der Waals surface area contributed by atoms with Crippen LogP contribution in [-0.2, 0) is 9.57 Å². The van der Waals surface area contributed by atoms with Gasteiger partial charge in [0.05, 0.1) is 29.1 Å². The van der Waals surface area contributed by atoms with Crippen molar-refractivity contribution < 1.29 is 29.1 Å². The number of aromatic carboxylic acids is 1. The fraction of sp³-hybridized carbons (Fsp3) is 0.500. The molecule has 1 fully saturated rings. The maximum absolute atomic E-state index is 12.6. The van der Waals surface area contributed by atoms with E-state index in [0.717, 1.165) is 0 Å². The third kappa shape index (κ3) is 3.33. The Balaban J connectivity index is 1.93. The van der Waals surface area contributed by atoms with Crippen LogP contribution in [0.25, 0.3) is 0 Å². The predicted octanol–water partition coefficient (Wildman–Crippen LogP) is 0.553. The van der Waals surface area contributed by atoms with E-state index in [9.17, 15) is 14.8 Å². The van der Waals surface area contributed by atoms with Gasteiger partial charge in [-0.25, -0.2) is 4.84 Å². The maximum atomic E-state index is 12.6. The highest BCUT2D eigenvalue weighted by atomic mass is 16.8. The van der Waals surface area contributed by atoms with E-state index in [4.69, 9.17) is 14.3 Å². The molecule has 1 atom stereocenters. The van der Waals surface area contributed by atoms with Crippen molar-refractivity contribution in [2.45, 2.75) is 25.7 Å². The molecule has 0 amide bonds. The fourth-order valence-corrected chi connectivity index (χ4v) is 2.88. The Bertz CT molecular complexity index is 746. The highest BCUT2D eigenvalue weighted by molar-refractivity contribution is 5.93. The highest BCUT2D eigenvalue weighted by Crippen LogP contribution is 2.37. The van der Waals surface area contributed by atoms with Gasteiger partial charge >= 0.3 is 5.69 Å². The van der Waals surface area contributed by atoms with E-state index in [-0.39, 0.29) is 22.8 Å². The van der Waals surface area contributed by atoms with Crippen molar-refractivity contribution in [3.8, 4) is 5.75 Å². The minimum absolute atomic E-state index is 0.171. The molecule has 1 unspecified atom stereocenters. The summed E-state index contributed by atoms with van der Waals surface area (Å²) in [6, 6.07) is 2.52. The van der Waals surface area contributed by atoms with Gasteiger partial charge in [0.1, 0.15) is 17.9 Å². The number of morpholine rings is 1. The van der Waals surface area contributed by atoms with Gasteiger partial charge in [0.2, 0.25) is 0 Å². The van der Waals surface area contributed by atoms with Crippen molar-refractivity contribution in [1.82, 2.24) is 4.90 Å². The molecule has 1 saturated heterocycles. The van der Waals surface area contributed by atoms with E-state index in [2.05, 4.69) is 4.99 Å². The summed E-state index contributed by atoms with van der Waals surface area (Å²) in [5.74, 6) is -1.20. The Labute approximate surface area is 144 Å². The van der Waals surface area contributed by atoms with Crippen LogP contribution in [-0.4, -0.2) is 60.6 Å². The van der Waals surface area contributed by atoms with Crippen molar-refractivity contribution in [2.75, 3.05) is 26.8 Å². The SMILES string of the molecule is CN1CCOC(C)(C)C1O[N+](=O)c1cc2c(cc1C(=O)[O-])N=CCO2. The number of nitrogens with zero attached hydrogens (tertiary/aromatic N) is 3. The number of benzene rings is 1. The molecule has 2 aliphatic rings. The molecule has 0 aromatic heterocycles. The lowest BCUT2D eigenvalue weighted by Crippen LogP contribution is -2.57. The first-order valence-corrected chi connectivity index (χ1v) is 7.82. The summed E-state index contributed by atoms with van der Waals surface area (Å²) in [7, 11) is 1.80. The molecule has 0 saturated carbocycles. The van der Waals surface area contributed by atoms with Gasteiger partial charge in [0, 0.05) is 12.8 Å². The van der Waals surface area contributed by atoms with E-state index in [1.807, 2.05) is 4.90 Å². The summed E-state index contributed by atoms with van der Waals surface area (Å²) in [4.78, 5) is 35.6. The van der Waals surface area contributed by atoms with Crippen LogP contribution in [0.5, 0.6) is 5.75 Å². The summed E-state index contributed by atoms with van der Waals surface area (Å²) >= 11 is 0. The first kappa shape index (κ1) is 17.3. The number of carboxylic acids is 1. The largest absolute Gasteiger partial charge is 0.545 e. The minimum atomic E-state index is -1.50. The van der Waals surface area contributed by atoms with Crippen LogP contribution in [0.1, 0.15) is 24.2 Å². The van der Waals surface area contributed by atoms with Crippen molar-refractivity contribution in [3.63, 3.8) is 0 Å². The zero-order chi connectivity index (χ0) is 18.2. The Morgan fingerprint density at radius 3 is 2.92 bits per heavy atom. The molecule has 9 nitrogen and oxygen atoms in total. The van der Waals surface area contributed by atoms with Crippen LogP contribution >= 0.6 is 0 Å². The summed E-state index contributed by atoms with van der Waals surface area (Å²) in [6.45, 7) is 4.93. The van der Waals surface area contributed by atoms with Crippen LogP contribution in [0.15, 0.2) is 17.1 Å². The Kier molecular flexibility index (Phi) is 4.44. The number of carbonyl (C=O) groups excluding carboxylic acids is 1. The van der Waals surface area contributed by atoms with Gasteiger partial charge in [-0.1, -0.05) is 0 Å². The Morgan fingerprint density at radius 2 is 2.24 bits per heavy atom. The third-order valence-electron chi connectivity index (χ3n) is 4.15. The average Bonchev–Trinajstić information content (AvgIpc) is 2.56. The van der Waals surface area contributed by atoms with Crippen molar-refractivity contribution >= 4 is 23.6 Å². The van der Waals surface area contributed by atoms with E-state index in [0.29, 0.717) is 24.6 Å². The molecule has 134 valence electrons. The molecule has 0 spiro atoms. The lowest BCUT2D eigenvalue weighted by molar-refractivity contribution is -0.768. The minimum Gasteiger partial charge on any atom is -0.545 e. The average molecular weight is 349 g/mol. The van der Waals surface area contributed by atoms with Gasteiger partial charge in [-0.2, -0.15) is 0 Å². The monoisotopic (exact) mass is 349 g/mol. The number of fused-ring (bicyclic) bond motifs is 1. The van der Waals surface area contributed by atoms with Gasteiger partial charge in [-0.05, 0) is 27.0 Å². The first-order chi connectivity index (χ1) is 11.8. The van der Waals surface area contributed by atoms with Gasteiger partial charge < -0.3 is 19.4 Å². The standard InChI is InChI=1S/C16H19N3O6/c1-16(2)15(18(3)5-7-24-16)25-19(22)12-9-13-11(17-4-6-23-13)8-10(12)14(20)21/h4,8-9,15H,5-7H2,1-3H3. The van der Waals surface area contributed by atoms with Crippen molar-refractivity contribution in [2.24, 2.45) is 4.99 Å². The van der Waals surface area contributed by atoms with Crippen LogP contribution in [0.2, 0.25) is 0 Å². The number of likely N-dealkylation sites (N-methyl/N-ethyl adjacent to an activating group) is 1. The Hall–Kier alpha value is -2.52. The van der Waals surface area contributed by atoms with E-state index in [1.165, 1.54) is 18.3 Å². The summed E-state index contributed by atoms with van der Waals surface area (Å²) in [6.07, 6.45) is 0.812. The van der Waals surface area contributed by atoms with Gasteiger partial charge in [0.25, 0.3) is 11.2 Å². The third-order valence-corrected chi connectivity index (χ3v) is 4.15. The van der Waals surface area contributed by atoms with Gasteiger partial charge in [0.15, 0.2) is 5.75 Å². The van der Waals surface area contributed by atoms with Crippen LogP contribution in [0.4, 0.5) is 11.4 Å². The number of hydrogen-bond acceptors (Lipinski definition) is 8. The second-order valence-corrected chi connectivity index (χ2v) is 6.39. The molecule has 25 heavy (non-hydrogen) atoms. The second kappa shape index (κ2) is 6.41. The topological polar surface area (TPSA) is 104 Å². The van der Waals surface area contributed by atoms with E-state index in [1.54, 1.807) is 20.9 Å². The zero-order valence-electron chi connectivity index (χ0n) is 14.2. The molecule has 2 heterocycles. The number of carboxylic acid groups (broad SMARTS) is 1. The highest BCUT2D eigenvalue weighted by Gasteiger charge is 2.44. The number of aliphatic imine (C=N–C) groups is 1. The number of ether oxygens (including phenoxy) is 2. The summed E-state index contributed by atoms with van der Waals surface area (Å²) in [5, 5.41) is 11.4. The maximum Gasteiger partial charge on any atom is 0.329 e. The van der Waals surface area contributed by atoms with E-state index >= 15 is 0 Å². The molecule has 0 aliphatic carbocycles. The van der Waals surface area contributed by atoms with Gasteiger partial charge in [-0.3, -0.25) is 9.89 Å². The summed E-state index contributed by atoms with van der Waals surface area (Å²) in [5.41, 5.74) is -0.966. The summed E-state index contributed by atoms with van der Waals surface area (Å²) < 4.78 is 11.0. The fourth-order valence-electron chi connectivity index (χ4n) is 2.88. The molecule has 1 aromatic rings. The van der Waals surface area contributed by atoms with Crippen LogP contribution in [0.3, 0.4) is 0 Å². The predicted molar refractivity (Wildman–Crippen MR) is 85.2 cm³/mol. The van der Waals surface area contributed by atoms with E-state index < -0.39 is 17.8 Å². The number of rotatable bonds is 4. The Morgan fingerprint density at radius 1 is 1.48 bits per heavy atom. The zero-order valence-corrected chi connectivity index (χ0v) is 14.2. The molecule has 9 heteroatoms. The van der Waals surface area contributed by atoms with Gasteiger partial charge in [-0.15, -0.1) is 0 Å². The lowest BCUT2D eigenvalue weighted by atomic mass is 10.1. The smallest absolute Gasteiger partial charge is 0.329 e. The van der Waals surface area contributed by atoms with Crippen LogP contribution < -0.4 is 9.84 Å². The second-order valence-electron chi connectivity index (χ2n) is 6.39. The molecule has 0 bridgehead atoms. The van der Waals surface area contributed by atoms with Crippen molar-refractivity contribution in [3.05, 3.63) is 22.6 Å².